The summed E-state index contributed by atoms with van der Waals surface area (Å²) >= 11 is 1.70. The first-order valence-corrected chi connectivity index (χ1v) is 10.4. The molecule has 0 N–H and O–H groups in total. The largest absolute Gasteiger partial charge is 0.379 e. The van der Waals surface area contributed by atoms with Crippen LogP contribution in [0.3, 0.4) is 0 Å². The Morgan fingerprint density at radius 2 is 2.00 bits per heavy atom. The number of hydrogen-bond acceptors (Lipinski definition) is 5. The molecule has 1 amide bonds. The lowest BCUT2D eigenvalue weighted by Gasteiger charge is -2.29. The molecule has 2 saturated heterocycles. The van der Waals surface area contributed by atoms with E-state index >= 15 is 0 Å². The van der Waals surface area contributed by atoms with E-state index in [0.717, 1.165) is 42.6 Å². The van der Waals surface area contributed by atoms with Crippen LogP contribution >= 0.6 is 11.8 Å². The molecule has 2 aliphatic heterocycles. The van der Waals surface area contributed by atoms with Crippen molar-refractivity contribution < 1.29 is 9.53 Å². The number of amides is 1. The van der Waals surface area contributed by atoms with Crippen molar-refractivity contribution in [1.82, 2.24) is 14.8 Å². The number of ether oxygens (including phenoxy) is 1. The minimum atomic E-state index is 0.120. The first-order valence-electron chi connectivity index (χ1n) is 9.39. The van der Waals surface area contributed by atoms with Crippen LogP contribution in [0.2, 0.25) is 0 Å². The van der Waals surface area contributed by atoms with Gasteiger partial charge in [-0.2, -0.15) is 0 Å². The summed E-state index contributed by atoms with van der Waals surface area (Å²) in [6, 6.07) is 14.1. The highest BCUT2D eigenvalue weighted by molar-refractivity contribution is 7.98. The summed E-state index contributed by atoms with van der Waals surface area (Å²) in [4.78, 5) is 21.8. The lowest BCUT2D eigenvalue weighted by Crippen LogP contribution is -2.45. The lowest BCUT2D eigenvalue weighted by atomic mass is 10.1. The van der Waals surface area contributed by atoms with Gasteiger partial charge in [0.25, 0.3) is 5.91 Å². The van der Waals surface area contributed by atoms with Crippen LogP contribution in [0.1, 0.15) is 15.9 Å². The molecule has 4 rings (SSSR count). The number of pyridine rings is 1. The smallest absolute Gasteiger partial charge is 0.254 e. The molecule has 0 spiro atoms. The van der Waals surface area contributed by atoms with Crippen molar-refractivity contribution >= 4 is 17.7 Å². The van der Waals surface area contributed by atoms with E-state index in [9.17, 15) is 4.79 Å². The third kappa shape index (κ3) is 4.51. The van der Waals surface area contributed by atoms with E-state index in [1.54, 1.807) is 11.8 Å². The summed E-state index contributed by atoms with van der Waals surface area (Å²) in [6.07, 6.45) is 1.81. The third-order valence-electron chi connectivity index (χ3n) is 5.14. The van der Waals surface area contributed by atoms with Gasteiger partial charge in [0.2, 0.25) is 0 Å². The SMILES string of the molecule is CN1C[C@@H]2COC[C@H](C1)N(C(=O)c1ccc(CSc3ccccn3)cc1)C2. The second kappa shape index (κ2) is 8.42. The molecule has 0 unspecified atom stereocenters. The van der Waals surface area contributed by atoms with Gasteiger partial charge < -0.3 is 14.5 Å². The molecule has 1 aromatic heterocycles. The molecule has 6 heteroatoms. The van der Waals surface area contributed by atoms with Crippen molar-refractivity contribution in [1.29, 1.82) is 0 Å². The summed E-state index contributed by atoms with van der Waals surface area (Å²) in [5, 5.41) is 1.01. The number of aromatic nitrogens is 1. The Hall–Kier alpha value is -1.89. The molecule has 142 valence electrons. The van der Waals surface area contributed by atoms with Gasteiger partial charge in [0.1, 0.15) is 0 Å². The number of carbonyl (C=O) groups excluding carboxylic acids is 1. The number of carbonyl (C=O) groups is 1. The molecule has 1 aromatic carbocycles. The number of hydrogen-bond donors (Lipinski definition) is 0. The Morgan fingerprint density at radius 3 is 2.78 bits per heavy atom. The normalized spacial score (nSPS) is 23.1. The topological polar surface area (TPSA) is 45.7 Å². The van der Waals surface area contributed by atoms with Gasteiger partial charge in [0.05, 0.1) is 24.3 Å². The molecule has 27 heavy (non-hydrogen) atoms. The molecule has 2 aromatic rings. The summed E-state index contributed by atoms with van der Waals surface area (Å²) in [5.41, 5.74) is 1.96. The maximum Gasteiger partial charge on any atom is 0.254 e. The monoisotopic (exact) mass is 383 g/mol. The van der Waals surface area contributed by atoms with Gasteiger partial charge in [-0.05, 0) is 36.9 Å². The highest BCUT2D eigenvalue weighted by Crippen LogP contribution is 2.23. The summed E-state index contributed by atoms with van der Waals surface area (Å²) in [7, 11) is 2.13. The van der Waals surface area contributed by atoms with Crippen molar-refractivity contribution in [2.75, 3.05) is 39.9 Å². The average molecular weight is 384 g/mol. The Bertz CT molecular complexity index is 769. The number of rotatable bonds is 4. The van der Waals surface area contributed by atoms with E-state index < -0.39 is 0 Å². The summed E-state index contributed by atoms with van der Waals surface area (Å²) in [5.74, 6) is 1.36. The van der Waals surface area contributed by atoms with Crippen LogP contribution in [-0.4, -0.2) is 66.6 Å². The van der Waals surface area contributed by atoms with E-state index in [4.69, 9.17) is 4.74 Å². The van der Waals surface area contributed by atoms with Gasteiger partial charge >= 0.3 is 0 Å². The van der Waals surface area contributed by atoms with E-state index in [-0.39, 0.29) is 11.9 Å². The molecular formula is C21H25N3O2S. The molecule has 2 aliphatic rings. The third-order valence-corrected chi connectivity index (χ3v) is 6.15. The number of benzene rings is 1. The molecule has 3 heterocycles. The number of thioether (sulfide) groups is 1. The first-order chi connectivity index (χ1) is 13.2. The van der Waals surface area contributed by atoms with Crippen molar-refractivity contribution in [2.24, 2.45) is 5.92 Å². The predicted octanol–water partition coefficient (Wildman–Crippen LogP) is 2.78. The maximum atomic E-state index is 13.1. The number of likely N-dealkylation sites (N-methyl/N-ethyl adjacent to an activating group) is 1. The van der Waals surface area contributed by atoms with E-state index in [1.807, 2.05) is 41.4 Å². The molecule has 2 bridgehead atoms. The lowest BCUT2D eigenvalue weighted by molar-refractivity contribution is 0.0483. The number of fused-ring (bicyclic) bond motifs is 3. The molecule has 2 atom stereocenters. The second-order valence-corrected chi connectivity index (χ2v) is 8.39. The zero-order valence-corrected chi connectivity index (χ0v) is 16.4. The zero-order valence-electron chi connectivity index (χ0n) is 15.6. The highest BCUT2D eigenvalue weighted by Gasteiger charge is 2.35. The zero-order chi connectivity index (χ0) is 18.6. The highest BCUT2D eigenvalue weighted by atomic mass is 32.2. The maximum absolute atomic E-state index is 13.1. The molecule has 5 nitrogen and oxygen atoms in total. The second-order valence-electron chi connectivity index (χ2n) is 7.39. The van der Waals surface area contributed by atoms with Crippen molar-refractivity contribution in [2.45, 2.75) is 16.8 Å². The fourth-order valence-corrected chi connectivity index (χ4v) is 4.64. The fraction of sp³-hybridized carbons (Fsp3) is 0.429. The van der Waals surface area contributed by atoms with Crippen molar-refractivity contribution in [3.05, 3.63) is 59.8 Å². The van der Waals surface area contributed by atoms with E-state index in [2.05, 4.69) is 29.1 Å². The molecule has 2 fully saturated rings. The summed E-state index contributed by atoms with van der Waals surface area (Å²) < 4.78 is 5.79. The number of nitrogens with zero attached hydrogens (tertiary/aromatic N) is 3. The van der Waals surface area contributed by atoms with Gasteiger partial charge in [-0.15, -0.1) is 11.8 Å². The van der Waals surface area contributed by atoms with Gasteiger partial charge in [0, 0.05) is 43.1 Å². The van der Waals surface area contributed by atoms with E-state index in [1.165, 1.54) is 5.56 Å². The molecular weight excluding hydrogens is 358 g/mol. The van der Waals surface area contributed by atoms with E-state index in [0.29, 0.717) is 12.5 Å². The first kappa shape index (κ1) is 18.5. The van der Waals surface area contributed by atoms with Crippen molar-refractivity contribution in [3.63, 3.8) is 0 Å². The minimum Gasteiger partial charge on any atom is -0.379 e. The minimum absolute atomic E-state index is 0.120. The molecule has 0 radical (unpaired) electrons. The van der Waals surface area contributed by atoms with Crippen LogP contribution in [-0.2, 0) is 10.5 Å². The quantitative estimate of drug-likeness (QED) is 0.760. The van der Waals surface area contributed by atoms with Crippen LogP contribution in [0.4, 0.5) is 0 Å². The molecule has 0 aliphatic carbocycles. The molecule has 0 saturated carbocycles. The van der Waals surface area contributed by atoms with Crippen LogP contribution < -0.4 is 0 Å². The van der Waals surface area contributed by atoms with Gasteiger partial charge in [-0.3, -0.25) is 4.79 Å². The Labute approximate surface area is 164 Å². The van der Waals surface area contributed by atoms with Crippen LogP contribution in [0.5, 0.6) is 0 Å². The Kier molecular flexibility index (Phi) is 5.76. The Morgan fingerprint density at radius 1 is 1.15 bits per heavy atom. The van der Waals surface area contributed by atoms with Crippen LogP contribution in [0, 0.1) is 5.92 Å². The summed E-state index contributed by atoms with van der Waals surface area (Å²) in [6.45, 7) is 4.02. The van der Waals surface area contributed by atoms with Crippen molar-refractivity contribution in [3.8, 4) is 0 Å². The van der Waals surface area contributed by atoms with Crippen LogP contribution in [0.15, 0.2) is 53.7 Å². The standard InChI is InChI=1S/C21H25N3O2S/c1-23-10-17-11-24(19(12-23)14-26-13-17)21(25)18-7-5-16(6-8-18)15-27-20-4-2-3-9-22-20/h2-9,17,19H,10-15H2,1H3/t17-,19-/m0/s1. The predicted molar refractivity (Wildman–Crippen MR) is 107 cm³/mol. The Balaban J connectivity index is 1.43. The average Bonchev–Trinajstić information content (AvgIpc) is 2.97. The van der Waals surface area contributed by atoms with Crippen LogP contribution in [0.25, 0.3) is 0 Å². The van der Waals surface area contributed by atoms with Gasteiger partial charge in [-0.25, -0.2) is 4.98 Å². The van der Waals surface area contributed by atoms with Gasteiger partial charge in [-0.1, -0.05) is 18.2 Å². The van der Waals surface area contributed by atoms with Gasteiger partial charge in [0.15, 0.2) is 0 Å². The fourth-order valence-electron chi connectivity index (χ4n) is 3.83.